The van der Waals surface area contributed by atoms with Crippen LogP contribution >= 0.6 is 11.8 Å². The van der Waals surface area contributed by atoms with Gasteiger partial charge < -0.3 is 10.7 Å². The highest BCUT2D eigenvalue weighted by molar-refractivity contribution is 7.98. The maximum Gasteiger partial charge on any atom is 0.253 e. The van der Waals surface area contributed by atoms with Gasteiger partial charge in [0.1, 0.15) is 5.82 Å². The first kappa shape index (κ1) is 15.2. The van der Waals surface area contributed by atoms with Gasteiger partial charge in [-0.2, -0.15) is 4.68 Å². The first-order valence-electron chi connectivity index (χ1n) is 6.87. The van der Waals surface area contributed by atoms with Gasteiger partial charge in [-0.25, -0.2) is 4.98 Å². The van der Waals surface area contributed by atoms with Gasteiger partial charge in [0.2, 0.25) is 0 Å². The van der Waals surface area contributed by atoms with Gasteiger partial charge in [-0.05, 0) is 47.5 Å². The molecule has 0 aliphatic carbocycles. The minimum atomic E-state index is -0.284. The molecule has 2 heterocycles. The van der Waals surface area contributed by atoms with E-state index in [1.54, 1.807) is 4.68 Å². The molecule has 0 saturated heterocycles. The van der Waals surface area contributed by atoms with E-state index in [1.165, 1.54) is 29.0 Å². The lowest BCUT2D eigenvalue weighted by Crippen LogP contribution is -2.10. The molecule has 0 fully saturated rings. The number of hydrogen-bond acceptors (Lipinski definition) is 7. The van der Waals surface area contributed by atoms with E-state index in [2.05, 4.69) is 32.4 Å². The van der Waals surface area contributed by atoms with Crippen LogP contribution in [0, 0.1) is 13.8 Å². The molecule has 8 nitrogen and oxygen atoms in total. The molecule has 0 atom stereocenters. The van der Waals surface area contributed by atoms with E-state index in [4.69, 9.17) is 5.73 Å². The van der Waals surface area contributed by atoms with Crippen LogP contribution in [0.15, 0.2) is 34.2 Å². The fourth-order valence-corrected chi connectivity index (χ4v) is 2.80. The minimum Gasteiger partial charge on any atom is -0.383 e. The molecule has 0 aliphatic rings. The Hall–Kier alpha value is -2.68. The topological polar surface area (TPSA) is 115 Å². The molecule has 2 aromatic heterocycles. The molecule has 9 heteroatoms. The molecule has 1 aromatic carbocycles. The van der Waals surface area contributed by atoms with Gasteiger partial charge in [-0.3, -0.25) is 4.79 Å². The highest BCUT2D eigenvalue weighted by atomic mass is 32.2. The van der Waals surface area contributed by atoms with Gasteiger partial charge in [0.25, 0.3) is 5.56 Å². The molecule has 0 radical (unpaired) electrons. The van der Waals surface area contributed by atoms with E-state index >= 15 is 0 Å². The zero-order chi connectivity index (χ0) is 16.4. The number of nitrogens with zero attached hydrogens (tertiary/aromatic N) is 5. The number of rotatable bonds is 4. The number of hydrogen-bond donors (Lipinski definition) is 2. The van der Waals surface area contributed by atoms with Crippen LogP contribution in [0.2, 0.25) is 0 Å². The number of H-pyrrole nitrogens is 1. The number of aryl methyl sites for hydroxylation is 2. The molecule has 0 saturated carbocycles. The summed E-state index contributed by atoms with van der Waals surface area (Å²) >= 11 is 1.31. The van der Waals surface area contributed by atoms with Gasteiger partial charge in [0, 0.05) is 6.07 Å². The number of nitrogen functional groups attached to an aromatic ring is 1. The van der Waals surface area contributed by atoms with Crippen molar-refractivity contribution in [3.05, 3.63) is 51.6 Å². The lowest BCUT2D eigenvalue weighted by Gasteiger charge is -2.07. The summed E-state index contributed by atoms with van der Waals surface area (Å²) in [6.45, 7) is 4.09. The Kier molecular flexibility index (Phi) is 4.11. The Balaban J connectivity index is 1.83. The molecule has 23 heavy (non-hydrogen) atoms. The Morgan fingerprint density at radius 3 is 2.83 bits per heavy atom. The molecule has 0 spiro atoms. The Bertz CT molecular complexity index is 902. The standard InChI is InChI=1S/C14H15N7OS/c1-8-3-4-10(5-9(8)2)21-12(18-19-20-21)7-23-14-16-11(15)6-13(22)17-14/h3-6H,7H2,1-2H3,(H3,15,16,17,22). The lowest BCUT2D eigenvalue weighted by molar-refractivity contribution is 0.776. The summed E-state index contributed by atoms with van der Waals surface area (Å²) in [5, 5.41) is 12.2. The third-order valence-corrected chi connectivity index (χ3v) is 4.22. The predicted octanol–water partition coefficient (Wildman–Crippen LogP) is 1.24. The van der Waals surface area contributed by atoms with Crippen molar-refractivity contribution in [2.45, 2.75) is 24.8 Å². The number of thioether (sulfide) groups is 1. The van der Waals surface area contributed by atoms with Crippen LogP contribution in [0.25, 0.3) is 5.69 Å². The molecule has 0 unspecified atom stereocenters. The average Bonchev–Trinajstić information content (AvgIpc) is 2.95. The largest absolute Gasteiger partial charge is 0.383 e. The smallest absolute Gasteiger partial charge is 0.253 e. The van der Waals surface area contributed by atoms with E-state index in [1.807, 2.05) is 25.1 Å². The molecule has 3 aromatic rings. The zero-order valence-corrected chi connectivity index (χ0v) is 13.5. The number of anilines is 1. The number of tetrazole rings is 1. The molecule has 0 aliphatic heterocycles. The summed E-state index contributed by atoms with van der Waals surface area (Å²) in [7, 11) is 0. The van der Waals surface area contributed by atoms with E-state index in [0.717, 1.165) is 5.69 Å². The molecule has 3 N–H and O–H groups in total. The van der Waals surface area contributed by atoms with Crippen LogP contribution in [0.3, 0.4) is 0 Å². The number of nitrogens with two attached hydrogens (primary N) is 1. The first-order chi connectivity index (χ1) is 11.0. The summed E-state index contributed by atoms with van der Waals surface area (Å²) in [4.78, 5) is 18.1. The van der Waals surface area contributed by atoms with Crippen molar-refractivity contribution < 1.29 is 0 Å². The highest BCUT2D eigenvalue weighted by Crippen LogP contribution is 2.20. The summed E-state index contributed by atoms with van der Waals surface area (Å²) in [6.07, 6.45) is 0. The van der Waals surface area contributed by atoms with Crippen molar-refractivity contribution in [3.8, 4) is 5.69 Å². The normalized spacial score (nSPS) is 10.9. The Labute approximate surface area is 136 Å². The molecule has 0 bridgehead atoms. The number of nitrogens with one attached hydrogen (secondary N) is 1. The number of benzene rings is 1. The van der Waals surface area contributed by atoms with Gasteiger partial charge >= 0.3 is 0 Å². The number of aromatic amines is 1. The van der Waals surface area contributed by atoms with Gasteiger partial charge in [-0.1, -0.05) is 17.8 Å². The van der Waals surface area contributed by atoms with Gasteiger partial charge in [0.05, 0.1) is 11.4 Å². The summed E-state index contributed by atoms with van der Waals surface area (Å²) < 4.78 is 1.67. The van der Waals surface area contributed by atoms with Gasteiger partial charge in [0.15, 0.2) is 11.0 Å². The van der Waals surface area contributed by atoms with Crippen LogP contribution in [-0.4, -0.2) is 30.2 Å². The highest BCUT2D eigenvalue weighted by Gasteiger charge is 2.10. The first-order valence-corrected chi connectivity index (χ1v) is 7.86. The van der Waals surface area contributed by atoms with Crippen molar-refractivity contribution in [1.29, 1.82) is 0 Å². The SMILES string of the molecule is Cc1ccc(-n2nnnc2CSc2nc(N)cc(=O)[nH]2)cc1C. The van der Waals surface area contributed by atoms with E-state index in [9.17, 15) is 4.79 Å². The fraction of sp³-hybridized carbons (Fsp3) is 0.214. The van der Waals surface area contributed by atoms with Crippen LogP contribution in [0.1, 0.15) is 17.0 Å². The second kappa shape index (κ2) is 6.21. The van der Waals surface area contributed by atoms with Crippen molar-refractivity contribution in [1.82, 2.24) is 30.2 Å². The lowest BCUT2D eigenvalue weighted by atomic mass is 10.1. The molecule has 3 rings (SSSR count). The summed E-state index contributed by atoms with van der Waals surface area (Å²) in [5.74, 6) is 1.29. The van der Waals surface area contributed by atoms with Crippen molar-refractivity contribution in [2.75, 3.05) is 5.73 Å². The summed E-state index contributed by atoms with van der Waals surface area (Å²) in [6, 6.07) is 7.26. The van der Waals surface area contributed by atoms with Crippen LogP contribution in [0.5, 0.6) is 0 Å². The zero-order valence-electron chi connectivity index (χ0n) is 12.6. The van der Waals surface area contributed by atoms with E-state index < -0.39 is 0 Å². The second-order valence-electron chi connectivity index (χ2n) is 5.04. The molecular weight excluding hydrogens is 314 g/mol. The summed E-state index contributed by atoms with van der Waals surface area (Å²) in [5.41, 5.74) is 8.55. The van der Waals surface area contributed by atoms with Crippen molar-refractivity contribution in [3.63, 3.8) is 0 Å². The minimum absolute atomic E-state index is 0.185. The predicted molar refractivity (Wildman–Crippen MR) is 87.5 cm³/mol. The molecule has 118 valence electrons. The fourth-order valence-electron chi connectivity index (χ4n) is 2.01. The van der Waals surface area contributed by atoms with Crippen LogP contribution in [0.4, 0.5) is 5.82 Å². The third-order valence-electron chi connectivity index (χ3n) is 3.35. The quantitative estimate of drug-likeness (QED) is 0.546. The second-order valence-corrected chi connectivity index (χ2v) is 6.00. The van der Waals surface area contributed by atoms with E-state index in [-0.39, 0.29) is 11.4 Å². The van der Waals surface area contributed by atoms with Crippen LogP contribution in [-0.2, 0) is 5.75 Å². The molecule has 0 amide bonds. The van der Waals surface area contributed by atoms with Crippen LogP contribution < -0.4 is 11.3 Å². The van der Waals surface area contributed by atoms with Crippen molar-refractivity contribution >= 4 is 17.6 Å². The maximum absolute atomic E-state index is 11.4. The van der Waals surface area contributed by atoms with Crippen molar-refractivity contribution in [2.24, 2.45) is 0 Å². The third kappa shape index (κ3) is 3.39. The Morgan fingerprint density at radius 2 is 2.09 bits per heavy atom. The Morgan fingerprint density at radius 1 is 1.26 bits per heavy atom. The number of aromatic nitrogens is 6. The maximum atomic E-state index is 11.4. The van der Waals surface area contributed by atoms with E-state index in [0.29, 0.717) is 16.7 Å². The molecular formula is C14H15N7OS. The monoisotopic (exact) mass is 329 g/mol. The average molecular weight is 329 g/mol. The van der Waals surface area contributed by atoms with Gasteiger partial charge in [-0.15, -0.1) is 5.10 Å².